The van der Waals surface area contributed by atoms with Crippen molar-refractivity contribution in [1.82, 2.24) is 14.9 Å². The molecule has 2 aromatic carbocycles. The summed E-state index contributed by atoms with van der Waals surface area (Å²) in [7, 11) is 0. The second-order valence-electron chi connectivity index (χ2n) is 13.7. The molecule has 4 fully saturated rings. The van der Waals surface area contributed by atoms with Crippen LogP contribution in [0.25, 0.3) is 10.9 Å². The number of piperidine rings is 2. The maximum atomic E-state index is 15.0. The number of non-ortho nitro benzene ring substituents is 1. The molecule has 3 aliphatic heterocycles. The maximum absolute atomic E-state index is 15.0. The van der Waals surface area contributed by atoms with Gasteiger partial charge in [-0.1, -0.05) is 13.8 Å². The number of nitrogens with one attached hydrogen (secondary N) is 1. The van der Waals surface area contributed by atoms with E-state index in [9.17, 15) is 23.7 Å². The molecule has 3 saturated heterocycles. The van der Waals surface area contributed by atoms with Crippen LogP contribution >= 0.6 is 11.8 Å². The molecule has 4 aliphatic rings. The Morgan fingerprint density at radius 1 is 1.04 bits per heavy atom. The monoisotopic (exact) mass is 699 g/mol. The standard InChI is InChI=1S/C34H41F2N5O5S.C2H6/c35-27-15-23(41(43)44)1-2-30(27)40-11-7-34(8-12-40)18-24(19-34)39-9-3-22(4-10-39)20-46-25-16-28(36)32-29(17-25)37-31(38-33(32)42)21-47-26-5-13-45-14-6-26;1-2/h1-2,15-17,22,24,26H,3-14,18-21H2,(H,37,38,42);1-2H3. The van der Waals surface area contributed by atoms with Crippen molar-refractivity contribution in [3.05, 3.63) is 68.3 Å². The van der Waals surface area contributed by atoms with Crippen molar-refractivity contribution in [3.8, 4) is 5.75 Å². The van der Waals surface area contributed by atoms with Crippen LogP contribution in [0.4, 0.5) is 20.2 Å². The highest BCUT2D eigenvalue weighted by atomic mass is 32.2. The van der Waals surface area contributed by atoms with Gasteiger partial charge in [-0.3, -0.25) is 14.9 Å². The number of hydrogen-bond donors (Lipinski definition) is 1. The highest BCUT2D eigenvalue weighted by Crippen LogP contribution is 2.52. The van der Waals surface area contributed by atoms with Crippen molar-refractivity contribution in [2.24, 2.45) is 11.3 Å². The first kappa shape index (κ1) is 35.5. The van der Waals surface area contributed by atoms with E-state index in [0.29, 0.717) is 57.8 Å². The van der Waals surface area contributed by atoms with Crippen LogP contribution < -0.4 is 15.2 Å². The Morgan fingerprint density at radius 2 is 1.76 bits per heavy atom. The van der Waals surface area contributed by atoms with Crippen molar-refractivity contribution < 1.29 is 23.2 Å². The number of aromatic amines is 1. The predicted molar refractivity (Wildman–Crippen MR) is 189 cm³/mol. The summed E-state index contributed by atoms with van der Waals surface area (Å²) in [5, 5.41) is 11.4. The minimum absolute atomic E-state index is 0.0343. The summed E-state index contributed by atoms with van der Waals surface area (Å²) >= 11 is 1.75. The maximum Gasteiger partial charge on any atom is 0.272 e. The summed E-state index contributed by atoms with van der Waals surface area (Å²) in [4.78, 5) is 35.0. The largest absolute Gasteiger partial charge is 0.493 e. The Bertz CT molecular complexity index is 1660. The van der Waals surface area contributed by atoms with Gasteiger partial charge in [0.15, 0.2) is 5.82 Å². The number of anilines is 1. The van der Waals surface area contributed by atoms with Crippen LogP contribution in [0.2, 0.25) is 0 Å². The molecular formula is C36H47F2N5O5S. The zero-order valence-electron chi connectivity index (χ0n) is 28.4. The van der Waals surface area contributed by atoms with E-state index >= 15 is 0 Å². The summed E-state index contributed by atoms with van der Waals surface area (Å²) in [6.07, 6.45) is 8.30. The zero-order chi connectivity index (χ0) is 34.5. The first-order valence-electron chi connectivity index (χ1n) is 17.7. The van der Waals surface area contributed by atoms with E-state index in [2.05, 4.69) is 14.9 Å². The van der Waals surface area contributed by atoms with Gasteiger partial charge in [-0.05, 0) is 81.9 Å². The molecule has 0 unspecified atom stereocenters. The number of halogens is 2. The number of hydrogen-bond acceptors (Lipinski definition) is 9. The molecule has 1 spiro atoms. The SMILES string of the molecule is CC.O=c1[nH]c(CSC2CCOCC2)nc2cc(OCC3CCN(C4CC5(CCN(c6ccc([N+](=O)[O-])cc6F)CC5)C4)CC3)cc(F)c12. The van der Waals surface area contributed by atoms with Crippen LogP contribution in [0.5, 0.6) is 5.75 Å². The van der Waals surface area contributed by atoms with Crippen molar-refractivity contribution in [2.45, 2.75) is 82.3 Å². The van der Waals surface area contributed by atoms with Crippen LogP contribution in [0.1, 0.15) is 71.0 Å². The molecule has 1 aliphatic carbocycles. The molecule has 10 nitrogen and oxygen atoms in total. The topological polar surface area (TPSA) is 114 Å². The van der Waals surface area contributed by atoms with Crippen molar-refractivity contribution >= 4 is 34.0 Å². The lowest BCUT2D eigenvalue weighted by Crippen LogP contribution is -2.56. The third-order valence-corrected chi connectivity index (χ3v) is 12.1. The number of likely N-dealkylation sites (tertiary alicyclic amines) is 1. The highest BCUT2D eigenvalue weighted by molar-refractivity contribution is 7.99. The van der Waals surface area contributed by atoms with Crippen LogP contribution in [0.15, 0.2) is 35.1 Å². The summed E-state index contributed by atoms with van der Waals surface area (Å²) in [6.45, 7) is 9.54. The summed E-state index contributed by atoms with van der Waals surface area (Å²) in [6, 6.07) is 7.46. The Balaban J connectivity index is 0.00000205. The van der Waals surface area contributed by atoms with E-state index in [1.165, 1.54) is 18.2 Å². The van der Waals surface area contributed by atoms with E-state index < -0.39 is 22.1 Å². The molecule has 1 N–H and O–H groups in total. The van der Waals surface area contributed by atoms with Gasteiger partial charge in [-0.2, -0.15) is 11.8 Å². The van der Waals surface area contributed by atoms with Gasteiger partial charge < -0.3 is 24.3 Å². The minimum atomic E-state index is -0.618. The molecule has 1 saturated carbocycles. The van der Waals surface area contributed by atoms with Crippen molar-refractivity contribution in [1.29, 1.82) is 0 Å². The van der Waals surface area contributed by atoms with E-state index in [1.807, 2.05) is 18.7 Å². The number of aromatic nitrogens is 2. The number of nitro groups is 1. The average Bonchev–Trinajstić information content (AvgIpc) is 3.10. The molecule has 49 heavy (non-hydrogen) atoms. The number of H-pyrrole nitrogens is 1. The molecule has 7 rings (SSSR count). The summed E-state index contributed by atoms with van der Waals surface area (Å²) in [5.41, 5.74) is 0.392. The fraction of sp³-hybridized carbons (Fsp3) is 0.611. The number of rotatable bonds is 9. The second kappa shape index (κ2) is 15.7. The average molecular weight is 700 g/mol. The van der Waals surface area contributed by atoms with Crippen LogP contribution in [0, 0.1) is 33.1 Å². The third kappa shape index (κ3) is 8.20. The van der Waals surface area contributed by atoms with Gasteiger partial charge in [0.05, 0.1) is 34.6 Å². The number of fused-ring (bicyclic) bond motifs is 1. The molecule has 0 atom stereocenters. The number of benzene rings is 2. The van der Waals surface area contributed by atoms with Gasteiger partial charge >= 0.3 is 0 Å². The predicted octanol–water partition coefficient (Wildman–Crippen LogP) is 7.09. The Hall–Kier alpha value is -3.29. The van der Waals surface area contributed by atoms with E-state index in [-0.39, 0.29) is 11.1 Å². The Kier molecular flexibility index (Phi) is 11.4. The Morgan fingerprint density at radius 3 is 2.43 bits per heavy atom. The fourth-order valence-corrected chi connectivity index (χ4v) is 8.89. The lowest BCUT2D eigenvalue weighted by Gasteiger charge is -2.56. The molecule has 266 valence electrons. The van der Waals surface area contributed by atoms with Crippen LogP contribution in [-0.2, 0) is 10.5 Å². The van der Waals surface area contributed by atoms with Gasteiger partial charge in [-0.15, -0.1) is 0 Å². The van der Waals surface area contributed by atoms with Gasteiger partial charge in [0.25, 0.3) is 11.2 Å². The fourth-order valence-electron chi connectivity index (χ4n) is 7.83. The van der Waals surface area contributed by atoms with E-state index in [0.717, 1.165) is 96.8 Å². The highest BCUT2D eigenvalue weighted by Gasteiger charge is 2.48. The van der Waals surface area contributed by atoms with Gasteiger partial charge in [0.1, 0.15) is 22.8 Å². The van der Waals surface area contributed by atoms with Gasteiger partial charge in [0.2, 0.25) is 0 Å². The van der Waals surface area contributed by atoms with E-state index in [4.69, 9.17) is 9.47 Å². The third-order valence-electron chi connectivity index (χ3n) is 10.7. The van der Waals surface area contributed by atoms with Crippen molar-refractivity contribution in [3.63, 3.8) is 0 Å². The summed E-state index contributed by atoms with van der Waals surface area (Å²) in [5.74, 6) is 0.731. The first-order chi connectivity index (χ1) is 23.7. The summed E-state index contributed by atoms with van der Waals surface area (Å²) < 4.78 is 41.0. The number of nitro benzene ring substituents is 1. The number of thioether (sulfide) groups is 1. The lowest BCUT2D eigenvalue weighted by atomic mass is 9.59. The molecule has 4 heterocycles. The normalized spacial score (nSPS) is 20.5. The smallest absolute Gasteiger partial charge is 0.272 e. The second-order valence-corrected chi connectivity index (χ2v) is 15.0. The molecule has 13 heteroatoms. The molecule has 3 aromatic rings. The zero-order valence-corrected chi connectivity index (χ0v) is 29.2. The molecule has 0 amide bonds. The molecule has 0 bridgehead atoms. The molecule has 1 aromatic heterocycles. The minimum Gasteiger partial charge on any atom is -0.493 e. The number of ether oxygens (including phenoxy) is 2. The molecular weight excluding hydrogens is 652 g/mol. The quantitative estimate of drug-likeness (QED) is 0.185. The van der Waals surface area contributed by atoms with Gasteiger partial charge in [0, 0.05) is 55.8 Å². The first-order valence-corrected chi connectivity index (χ1v) is 18.8. The Labute approximate surface area is 290 Å². The number of nitrogens with zero attached hydrogens (tertiary/aromatic N) is 4. The van der Waals surface area contributed by atoms with Crippen LogP contribution in [0.3, 0.4) is 0 Å². The lowest BCUT2D eigenvalue weighted by molar-refractivity contribution is -0.385. The van der Waals surface area contributed by atoms with Crippen LogP contribution in [-0.4, -0.2) is 77.1 Å². The van der Waals surface area contributed by atoms with Crippen molar-refractivity contribution in [2.75, 3.05) is 50.9 Å². The molecule has 0 radical (unpaired) electrons. The van der Waals surface area contributed by atoms with Gasteiger partial charge in [-0.25, -0.2) is 13.8 Å². The van der Waals surface area contributed by atoms with E-state index in [1.54, 1.807) is 17.8 Å².